The normalized spacial score (nSPS) is 11.7. The number of pyridine rings is 1. The number of fused-ring (bicyclic) bond motifs is 1. The van der Waals surface area contributed by atoms with E-state index in [1.165, 1.54) is 0 Å². The Labute approximate surface area is 129 Å². The maximum atomic E-state index is 12.0. The van der Waals surface area contributed by atoms with E-state index in [4.69, 9.17) is 0 Å². The predicted molar refractivity (Wildman–Crippen MR) is 86.9 cm³/mol. The topological polar surface area (TPSA) is 82.2 Å². The lowest BCUT2D eigenvalue weighted by molar-refractivity contribution is -0.149. The molecule has 22 heavy (non-hydrogen) atoms. The Morgan fingerprint density at radius 3 is 2.59 bits per heavy atom. The third-order valence-electron chi connectivity index (χ3n) is 4.42. The van der Waals surface area contributed by atoms with Crippen LogP contribution in [0.1, 0.15) is 32.3 Å². The number of aliphatic carboxylic acids is 1. The van der Waals surface area contributed by atoms with E-state index in [1.54, 1.807) is 0 Å². The van der Waals surface area contributed by atoms with Gasteiger partial charge in [0.05, 0.1) is 5.41 Å². The molecule has 0 fully saturated rings. The van der Waals surface area contributed by atoms with E-state index in [2.05, 4.69) is 10.3 Å². The van der Waals surface area contributed by atoms with Crippen molar-refractivity contribution in [3.63, 3.8) is 0 Å². The number of hydrogen-bond donors (Lipinski definition) is 3. The number of nitrogens with one attached hydrogen (secondary N) is 2. The van der Waals surface area contributed by atoms with Crippen molar-refractivity contribution in [2.24, 2.45) is 5.41 Å². The molecule has 0 aliphatic carbocycles. The van der Waals surface area contributed by atoms with Crippen molar-refractivity contribution in [1.82, 2.24) is 10.3 Å². The monoisotopic (exact) mass is 302 g/mol. The first-order valence-corrected chi connectivity index (χ1v) is 7.57. The number of benzene rings is 1. The molecule has 2 rings (SSSR count). The average Bonchev–Trinajstić information content (AvgIpc) is 2.52. The smallest absolute Gasteiger partial charge is 0.310 e. The molecule has 3 N–H and O–H groups in total. The van der Waals surface area contributed by atoms with Gasteiger partial charge in [-0.15, -0.1) is 0 Å². The van der Waals surface area contributed by atoms with Crippen molar-refractivity contribution >= 4 is 16.9 Å². The molecule has 1 aromatic heterocycles. The Bertz CT molecular complexity index is 717. The van der Waals surface area contributed by atoms with Gasteiger partial charge < -0.3 is 15.4 Å². The number of aromatic amines is 1. The van der Waals surface area contributed by atoms with Crippen LogP contribution >= 0.6 is 0 Å². The predicted octanol–water partition coefficient (Wildman–Crippen LogP) is 2.51. The van der Waals surface area contributed by atoms with Crippen LogP contribution in [0.3, 0.4) is 0 Å². The van der Waals surface area contributed by atoms with Gasteiger partial charge in [-0.1, -0.05) is 32.0 Å². The lowest BCUT2D eigenvalue weighted by Crippen LogP contribution is -2.40. The van der Waals surface area contributed by atoms with Gasteiger partial charge in [0.25, 0.3) is 5.56 Å². The second-order valence-electron chi connectivity index (χ2n) is 5.61. The van der Waals surface area contributed by atoms with Crippen LogP contribution in [-0.2, 0) is 11.3 Å². The highest BCUT2D eigenvalue weighted by atomic mass is 16.4. The summed E-state index contributed by atoms with van der Waals surface area (Å²) in [5.41, 5.74) is 0.507. The minimum atomic E-state index is -0.794. The molecule has 0 bridgehead atoms. The van der Waals surface area contributed by atoms with Crippen molar-refractivity contribution in [3.05, 3.63) is 46.2 Å². The summed E-state index contributed by atoms with van der Waals surface area (Å²) in [4.78, 5) is 26.4. The zero-order chi connectivity index (χ0) is 16.2. The fourth-order valence-corrected chi connectivity index (χ4v) is 2.64. The van der Waals surface area contributed by atoms with Crippen molar-refractivity contribution in [1.29, 1.82) is 0 Å². The Morgan fingerprint density at radius 1 is 1.27 bits per heavy atom. The van der Waals surface area contributed by atoms with Gasteiger partial charge in [-0.2, -0.15) is 0 Å². The van der Waals surface area contributed by atoms with Crippen LogP contribution in [0.15, 0.2) is 35.1 Å². The minimum Gasteiger partial charge on any atom is -0.481 e. The van der Waals surface area contributed by atoms with E-state index in [0.717, 1.165) is 10.9 Å². The van der Waals surface area contributed by atoms with Crippen LogP contribution in [0.25, 0.3) is 10.9 Å². The number of H-pyrrole nitrogens is 1. The summed E-state index contributed by atoms with van der Waals surface area (Å²) in [6, 6.07) is 9.44. The number of rotatable bonds is 7. The fraction of sp³-hybridized carbons (Fsp3) is 0.412. The van der Waals surface area contributed by atoms with Gasteiger partial charge in [0, 0.05) is 24.2 Å². The maximum absolute atomic E-state index is 12.0. The molecule has 0 unspecified atom stereocenters. The number of hydrogen-bond acceptors (Lipinski definition) is 3. The van der Waals surface area contributed by atoms with Crippen LogP contribution in [0.4, 0.5) is 0 Å². The number of para-hydroxylation sites is 1. The van der Waals surface area contributed by atoms with E-state index < -0.39 is 11.4 Å². The summed E-state index contributed by atoms with van der Waals surface area (Å²) >= 11 is 0. The summed E-state index contributed by atoms with van der Waals surface area (Å²) in [5.74, 6) is -0.794. The molecule has 0 spiro atoms. The minimum absolute atomic E-state index is 0.139. The first-order chi connectivity index (χ1) is 10.5. The lowest BCUT2D eigenvalue weighted by Gasteiger charge is -2.26. The highest BCUT2D eigenvalue weighted by molar-refractivity contribution is 5.78. The third kappa shape index (κ3) is 3.20. The van der Waals surface area contributed by atoms with Crippen molar-refractivity contribution < 1.29 is 9.90 Å². The molecule has 118 valence electrons. The van der Waals surface area contributed by atoms with E-state index in [0.29, 0.717) is 31.5 Å². The standard InChI is InChI=1S/C17H22N2O3/c1-3-17(4-2,16(21)22)11-18-10-13-9-12-7-5-6-8-14(12)19-15(13)20/h5-9,18H,3-4,10-11H2,1-2H3,(H,19,20)(H,21,22). The molecule has 0 saturated heterocycles. The summed E-state index contributed by atoms with van der Waals surface area (Å²) in [7, 11) is 0. The van der Waals surface area contributed by atoms with Crippen molar-refractivity contribution in [2.75, 3.05) is 6.54 Å². The number of carboxylic acid groups (broad SMARTS) is 1. The number of carbonyl (C=O) groups is 1. The second-order valence-corrected chi connectivity index (χ2v) is 5.61. The molecule has 5 heteroatoms. The molecular weight excluding hydrogens is 280 g/mol. The molecule has 0 aliphatic rings. The zero-order valence-corrected chi connectivity index (χ0v) is 13.0. The second kappa shape index (κ2) is 6.75. The lowest BCUT2D eigenvalue weighted by atomic mass is 9.82. The first-order valence-electron chi connectivity index (χ1n) is 7.57. The summed E-state index contributed by atoms with van der Waals surface area (Å²) in [5, 5.41) is 13.5. The zero-order valence-electron chi connectivity index (χ0n) is 13.0. The van der Waals surface area contributed by atoms with Gasteiger partial charge in [0.2, 0.25) is 0 Å². The molecule has 0 saturated carbocycles. The Balaban J connectivity index is 2.13. The SMILES string of the molecule is CCC(CC)(CNCc1cc2ccccc2[nH]c1=O)C(=O)O. The summed E-state index contributed by atoms with van der Waals surface area (Å²) < 4.78 is 0. The van der Waals surface area contributed by atoms with E-state index in [1.807, 2.05) is 44.2 Å². The van der Waals surface area contributed by atoms with E-state index in [9.17, 15) is 14.7 Å². The van der Waals surface area contributed by atoms with Crippen LogP contribution in [-0.4, -0.2) is 22.6 Å². The number of aromatic nitrogens is 1. The molecule has 2 aromatic rings. The molecule has 0 aliphatic heterocycles. The van der Waals surface area contributed by atoms with Gasteiger partial charge >= 0.3 is 5.97 Å². The van der Waals surface area contributed by atoms with Crippen molar-refractivity contribution in [3.8, 4) is 0 Å². The fourth-order valence-electron chi connectivity index (χ4n) is 2.64. The van der Waals surface area contributed by atoms with E-state index in [-0.39, 0.29) is 5.56 Å². The van der Waals surface area contributed by atoms with Crippen LogP contribution in [0.2, 0.25) is 0 Å². The summed E-state index contributed by atoms with van der Waals surface area (Å²) in [6.07, 6.45) is 1.11. The molecule has 0 radical (unpaired) electrons. The molecule has 1 heterocycles. The third-order valence-corrected chi connectivity index (χ3v) is 4.42. The van der Waals surface area contributed by atoms with Crippen LogP contribution in [0.5, 0.6) is 0 Å². The Kier molecular flexibility index (Phi) is 4.98. The number of carboxylic acids is 1. The van der Waals surface area contributed by atoms with Crippen LogP contribution < -0.4 is 10.9 Å². The maximum Gasteiger partial charge on any atom is 0.310 e. The Morgan fingerprint density at radius 2 is 1.95 bits per heavy atom. The molecule has 0 amide bonds. The van der Waals surface area contributed by atoms with Gasteiger partial charge in [-0.3, -0.25) is 9.59 Å². The van der Waals surface area contributed by atoms with Gasteiger partial charge in [0.15, 0.2) is 0 Å². The van der Waals surface area contributed by atoms with E-state index >= 15 is 0 Å². The Hall–Kier alpha value is -2.14. The highest BCUT2D eigenvalue weighted by Gasteiger charge is 2.34. The van der Waals surface area contributed by atoms with Crippen molar-refractivity contribution in [2.45, 2.75) is 33.2 Å². The van der Waals surface area contributed by atoms with Gasteiger partial charge in [-0.25, -0.2) is 0 Å². The molecule has 1 aromatic carbocycles. The van der Waals surface area contributed by atoms with Crippen LogP contribution in [0, 0.1) is 5.41 Å². The molecule has 0 atom stereocenters. The molecular formula is C17H22N2O3. The molecule has 5 nitrogen and oxygen atoms in total. The quantitative estimate of drug-likeness (QED) is 0.734. The van der Waals surface area contributed by atoms with Gasteiger partial charge in [-0.05, 0) is 30.4 Å². The van der Waals surface area contributed by atoms with Gasteiger partial charge in [0.1, 0.15) is 0 Å². The highest BCUT2D eigenvalue weighted by Crippen LogP contribution is 2.25. The first kappa shape index (κ1) is 16.2. The average molecular weight is 302 g/mol. The largest absolute Gasteiger partial charge is 0.481 e. The summed E-state index contributed by atoms with van der Waals surface area (Å²) in [6.45, 7) is 4.46.